The zero-order chi connectivity index (χ0) is 15.7. The third-order valence-corrected chi connectivity index (χ3v) is 5.06. The Labute approximate surface area is 139 Å². The molecule has 8 heteroatoms. The van der Waals surface area contributed by atoms with E-state index in [1.165, 1.54) is 22.7 Å². The van der Waals surface area contributed by atoms with Gasteiger partial charge in [-0.05, 0) is 25.5 Å². The molecule has 3 aromatic rings. The second kappa shape index (κ2) is 6.20. The van der Waals surface area contributed by atoms with Crippen molar-refractivity contribution in [1.82, 2.24) is 10.1 Å². The van der Waals surface area contributed by atoms with Gasteiger partial charge in [0.15, 0.2) is 5.13 Å². The number of hydrogen-bond acceptors (Lipinski definition) is 6. The van der Waals surface area contributed by atoms with Crippen molar-refractivity contribution in [3.05, 3.63) is 38.9 Å². The van der Waals surface area contributed by atoms with E-state index in [1.807, 2.05) is 24.4 Å². The van der Waals surface area contributed by atoms with Crippen LogP contribution >= 0.6 is 34.3 Å². The maximum Gasteiger partial charge on any atom is 0.262 e. The van der Waals surface area contributed by atoms with Crippen LogP contribution in [0.3, 0.4) is 0 Å². The summed E-state index contributed by atoms with van der Waals surface area (Å²) in [7, 11) is 0. The number of hydrogen-bond donors (Lipinski definition) is 1. The van der Waals surface area contributed by atoms with Gasteiger partial charge < -0.3 is 4.52 Å². The molecule has 0 aliphatic carbocycles. The van der Waals surface area contributed by atoms with Gasteiger partial charge in [-0.1, -0.05) is 23.7 Å². The van der Waals surface area contributed by atoms with Gasteiger partial charge in [-0.3, -0.25) is 10.1 Å². The molecule has 114 valence electrons. The van der Waals surface area contributed by atoms with Crippen LogP contribution in [0, 0.1) is 6.92 Å². The van der Waals surface area contributed by atoms with Gasteiger partial charge in [-0.2, -0.15) is 0 Å². The number of halogens is 1. The first kappa shape index (κ1) is 15.2. The monoisotopic (exact) mass is 353 g/mol. The first-order chi connectivity index (χ1) is 10.6. The van der Waals surface area contributed by atoms with E-state index in [1.54, 1.807) is 6.92 Å². The quantitative estimate of drug-likeness (QED) is 0.742. The van der Waals surface area contributed by atoms with E-state index >= 15 is 0 Å². The largest absolute Gasteiger partial charge is 0.361 e. The standard InChI is InChI=1S/C14H12ClN3O2S2/c1-3-8-12(7(2)20-18-8)13(19)17-14-16-9(6-21-14)10-4-5-11(15)22-10/h4-6H,3H2,1-2H3,(H,16,17,19). The number of thiazole rings is 1. The molecule has 1 amide bonds. The smallest absolute Gasteiger partial charge is 0.262 e. The lowest BCUT2D eigenvalue weighted by atomic mass is 10.1. The van der Waals surface area contributed by atoms with E-state index in [0.29, 0.717) is 32.9 Å². The van der Waals surface area contributed by atoms with E-state index in [9.17, 15) is 4.79 Å². The highest BCUT2D eigenvalue weighted by molar-refractivity contribution is 7.20. The molecule has 0 aliphatic rings. The lowest BCUT2D eigenvalue weighted by Crippen LogP contribution is -2.14. The second-order valence-corrected chi connectivity index (χ2v) is 7.08. The maximum absolute atomic E-state index is 12.4. The fraction of sp³-hybridized carbons (Fsp3) is 0.214. The Kier molecular flexibility index (Phi) is 4.28. The number of carbonyl (C=O) groups excluding carboxylic acids is 1. The van der Waals surface area contributed by atoms with Crippen molar-refractivity contribution in [1.29, 1.82) is 0 Å². The van der Waals surface area contributed by atoms with Crippen molar-refractivity contribution in [3.8, 4) is 10.6 Å². The molecule has 0 saturated heterocycles. The Bertz CT molecular complexity index is 822. The molecule has 0 unspecified atom stereocenters. The molecule has 0 aliphatic heterocycles. The number of thiophene rings is 1. The molecule has 0 atom stereocenters. The number of nitrogens with one attached hydrogen (secondary N) is 1. The zero-order valence-corrected chi connectivity index (χ0v) is 14.2. The van der Waals surface area contributed by atoms with E-state index in [0.717, 1.165) is 10.6 Å². The average molecular weight is 354 g/mol. The van der Waals surface area contributed by atoms with Crippen LogP contribution in [-0.4, -0.2) is 16.0 Å². The van der Waals surface area contributed by atoms with Crippen LogP contribution in [-0.2, 0) is 6.42 Å². The molecule has 22 heavy (non-hydrogen) atoms. The number of aryl methyl sites for hydroxylation is 2. The van der Waals surface area contributed by atoms with E-state index in [4.69, 9.17) is 16.1 Å². The summed E-state index contributed by atoms with van der Waals surface area (Å²) in [5.74, 6) is 0.261. The van der Waals surface area contributed by atoms with Crippen LogP contribution in [0.1, 0.15) is 28.7 Å². The molecule has 0 fully saturated rings. The first-order valence-electron chi connectivity index (χ1n) is 6.56. The minimum absolute atomic E-state index is 0.249. The lowest BCUT2D eigenvalue weighted by molar-refractivity contribution is 0.102. The summed E-state index contributed by atoms with van der Waals surface area (Å²) < 4.78 is 5.79. The number of aromatic nitrogens is 2. The molecule has 0 saturated carbocycles. The number of amides is 1. The van der Waals surface area contributed by atoms with Crippen LogP contribution in [0.4, 0.5) is 5.13 Å². The predicted octanol–water partition coefficient (Wildman–Crippen LogP) is 4.64. The van der Waals surface area contributed by atoms with E-state index in [2.05, 4.69) is 15.5 Å². The topological polar surface area (TPSA) is 68.0 Å². The molecular formula is C14H12ClN3O2S2. The Balaban J connectivity index is 1.80. The normalized spacial score (nSPS) is 10.9. The molecule has 3 rings (SSSR count). The summed E-state index contributed by atoms with van der Waals surface area (Å²) in [6.45, 7) is 3.65. The van der Waals surface area contributed by atoms with Crippen molar-refractivity contribution in [2.75, 3.05) is 5.32 Å². The fourth-order valence-electron chi connectivity index (χ4n) is 2.01. The van der Waals surface area contributed by atoms with Crippen molar-refractivity contribution in [3.63, 3.8) is 0 Å². The highest BCUT2D eigenvalue weighted by Crippen LogP contribution is 2.33. The minimum Gasteiger partial charge on any atom is -0.361 e. The first-order valence-corrected chi connectivity index (χ1v) is 8.63. The third-order valence-electron chi connectivity index (χ3n) is 3.05. The third kappa shape index (κ3) is 2.92. The number of nitrogens with zero attached hydrogens (tertiary/aromatic N) is 2. The Morgan fingerprint density at radius 3 is 2.95 bits per heavy atom. The summed E-state index contributed by atoms with van der Waals surface area (Å²) >= 11 is 8.75. The SMILES string of the molecule is CCc1noc(C)c1C(=O)Nc1nc(-c2ccc(Cl)s2)cs1. The van der Waals surface area contributed by atoms with Gasteiger partial charge in [0, 0.05) is 5.38 Å². The Morgan fingerprint density at radius 1 is 1.45 bits per heavy atom. The van der Waals surface area contributed by atoms with Crippen molar-refractivity contribution >= 4 is 45.3 Å². The molecule has 5 nitrogen and oxygen atoms in total. The molecule has 0 spiro atoms. The average Bonchev–Trinajstić information content (AvgIpc) is 3.18. The number of carbonyl (C=O) groups is 1. The van der Waals surface area contributed by atoms with Gasteiger partial charge >= 0.3 is 0 Å². The van der Waals surface area contributed by atoms with E-state index in [-0.39, 0.29) is 5.91 Å². The second-order valence-electron chi connectivity index (χ2n) is 4.51. The van der Waals surface area contributed by atoms with Gasteiger partial charge in [0.25, 0.3) is 5.91 Å². The van der Waals surface area contributed by atoms with Crippen LogP contribution in [0.2, 0.25) is 4.34 Å². The van der Waals surface area contributed by atoms with Crippen LogP contribution in [0.15, 0.2) is 22.0 Å². The summed E-state index contributed by atoms with van der Waals surface area (Å²) in [6.07, 6.45) is 0.636. The number of rotatable bonds is 4. The summed E-state index contributed by atoms with van der Waals surface area (Å²) in [4.78, 5) is 17.7. The summed E-state index contributed by atoms with van der Waals surface area (Å²) in [5.41, 5.74) is 1.94. The Morgan fingerprint density at radius 2 is 2.27 bits per heavy atom. The highest BCUT2D eigenvalue weighted by atomic mass is 35.5. The predicted molar refractivity (Wildman–Crippen MR) is 89.0 cm³/mol. The Hall–Kier alpha value is -1.70. The highest BCUT2D eigenvalue weighted by Gasteiger charge is 2.20. The zero-order valence-electron chi connectivity index (χ0n) is 11.8. The van der Waals surface area contributed by atoms with Gasteiger partial charge in [0.05, 0.1) is 20.6 Å². The van der Waals surface area contributed by atoms with Crippen LogP contribution in [0.5, 0.6) is 0 Å². The van der Waals surface area contributed by atoms with Crippen LogP contribution < -0.4 is 5.32 Å². The molecule has 1 N–H and O–H groups in total. The molecule has 0 aromatic carbocycles. The van der Waals surface area contributed by atoms with Gasteiger partial charge in [0.2, 0.25) is 0 Å². The molecule has 0 radical (unpaired) electrons. The van der Waals surface area contributed by atoms with Gasteiger partial charge in [-0.25, -0.2) is 4.98 Å². The molecule has 3 aromatic heterocycles. The van der Waals surface area contributed by atoms with Crippen molar-refractivity contribution in [2.45, 2.75) is 20.3 Å². The minimum atomic E-state index is -0.249. The molecule has 3 heterocycles. The lowest BCUT2D eigenvalue weighted by Gasteiger charge is -2.01. The van der Waals surface area contributed by atoms with E-state index < -0.39 is 0 Å². The maximum atomic E-state index is 12.4. The summed E-state index contributed by atoms with van der Waals surface area (Å²) in [6, 6.07) is 3.74. The molecule has 0 bridgehead atoms. The van der Waals surface area contributed by atoms with Gasteiger partial charge in [-0.15, -0.1) is 22.7 Å². The van der Waals surface area contributed by atoms with Crippen LogP contribution in [0.25, 0.3) is 10.6 Å². The summed E-state index contributed by atoms with van der Waals surface area (Å²) in [5, 5.41) is 9.11. The number of anilines is 1. The van der Waals surface area contributed by atoms with Crippen molar-refractivity contribution in [2.24, 2.45) is 0 Å². The van der Waals surface area contributed by atoms with Crippen molar-refractivity contribution < 1.29 is 9.32 Å². The fourth-order valence-corrected chi connectivity index (χ4v) is 3.79. The molecular weight excluding hydrogens is 342 g/mol. The van der Waals surface area contributed by atoms with Gasteiger partial charge in [0.1, 0.15) is 11.3 Å².